The minimum Gasteiger partial charge on any atom is -0.393 e. The van der Waals surface area contributed by atoms with Gasteiger partial charge in [0.15, 0.2) is 0 Å². The number of hydrogen-bond acceptors (Lipinski definition) is 3. The van der Waals surface area contributed by atoms with Gasteiger partial charge in [0.05, 0.1) is 17.8 Å². The SMILES string of the molecule is CC(=O)C1CCC2C3CC=C4CC(O)CCC45OC(CC12C)C35. The number of aliphatic hydroxyl groups excluding tert-OH is 1. The molecule has 0 aromatic rings. The van der Waals surface area contributed by atoms with Crippen molar-refractivity contribution in [1.29, 1.82) is 0 Å². The van der Waals surface area contributed by atoms with Gasteiger partial charge in [-0.25, -0.2) is 0 Å². The third-order valence-electron chi connectivity index (χ3n) is 8.30. The minimum atomic E-state index is -0.173. The van der Waals surface area contributed by atoms with Crippen LogP contribution in [0.4, 0.5) is 0 Å². The average Bonchev–Trinajstić information content (AvgIpc) is 2.82. The zero-order valence-corrected chi connectivity index (χ0v) is 14.3. The van der Waals surface area contributed by atoms with E-state index in [1.54, 1.807) is 6.92 Å². The molecule has 1 N–H and O–H groups in total. The van der Waals surface area contributed by atoms with Crippen molar-refractivity contribution in [3.05, 3.63) is 11.6 Å². The average molecular weight is 316 g/mol. The van der Waals surface area contributed by atoms with E-state index in [0.717, 1.165) is 38.5 Å². The Morgan fingerprint density at radius 3 is 2.96 bits per heavy atom. The number of carbonyl (C=O) groups excluding carboxylic acids is 1. The van der Waals surface area contributed by atoms with E-state index in [1.807, 2.05) is 0 Å². The van der Waals surface area contributed by atoms with Gasteiger partial charge in [-0.15, -0.1) is 0 Å². The van der Waals surface area contributed by atoms with Crippen LogP contribution in [0.5, 0.6) is 0 Å². The second kappa shape index (κ2) is 4.49. The number of aliphatic hydroxyl groups is 1. The van der Waals surface area contributed by atoms with Crippen molar-refractivity contribution in [2.45, 2.75) is 76.6 Å². The van der Waals surface area contributed by atoms with Crippen LogP contribution < -0.4 is 0 Å². The van der Waals surface area contributed by atoms with Crippen LogP contribution in [0.25, 0.3) is 0 Å². The molecule has 8 atom stereocenters. The summed E-state index contributed by atoms with van der Waals surface area (Å²) in [6, 6.07) is 0. The van der Waals surface area contributed by atoms with E-state index in [0.29, 0.717) is 29.6 Å². The summed E-state index contributed by atoms with van der Waals surface area (Å²) in [4.78, 5) is 12.2. The molecule has 0 radical (unpaired) electrons. The number of fused-ring (bicyclic) bond motifs is 2. The quantitative estimate of drug-likeness (QED) is 0.755. The van der Waals surface area contributed by atoms with Gasteiger partial charge in [0.25, 0.3) is 0 Å². The lowest BCUT2D eigenvalue weighted by atomic mass is 9.46. The van der Waals surface area contributed by atoms with E-state index >= 15 is 0 Å². The summed E-state index contributed by atoms with van der Waals surface area (Å²) in [5.41, 5.74) is 1.50. The summed E-state index contributed by atoms with van der Waals surface area (Å²) in [5.74, 6) is 2.65. The molecule has 3 heteroatoms. The van der Waals surface area contributed by atoms with Crippen LogP contribution in [-0.2, 0) is 9.53 Å². The van der Waals surface area contributed by atoms with E-state index in [-0.39, 0.29) is 23.0 Å². The van der Waals surface area contributed by atoms with E-state index in [2.05, 4.69) is 13.0 Å². The van der Waals surface area contributed by atoms with Crippen molar-refractivity contribution in [2.24, 2.45) is 29.1 Å². The van der Waals surface area contributed by atoms with E-state index in [4.69, 9.17) is 4.74 Å². The monoisotopic (exact) mass is 316 g/mol. The molecule has 0 bridgehead atoms. The molecule has 8 unspecified atom stereocenters. The molecular weight excluding hydrogens is 288 g/mol. The normalized spacial score (nSPS) is 56.7. The van der Waals surface area contributed by atoms with Crippen molar-refractivity contribution < 1.29 is 14.6 Å². The topological polar surface area (TPSA) is 46.5 Å². The van der Waals surface area contributed by atoms with Gasteiger partial charge in [-0.2, -0.15) is 0 Å². The number of ketones is 1. The Kier molecular flexibility index (Phi) is 2.86. The fraction of sp³-hybridized carbons (Fsp3) is 0.850. The van der Waals surface area contributed by atoms with Gasteiger partial charge in [0.2, 0.25) is 0 Å². The number of hydrogen-bond donors (Lipinski definition) is 1. The third-order valence-corrected chi connectivity index (χ3v) is 8.30. The Balaban J connectivity index is 1.52. The van der Waals surface area contributed by atoms with Crippen molar-refractivity contribution in [3.63, 3.8) is 0 Å². The number of ether oxygens (including phenoxy) is 1. The predicted molar refractivity (Wildman–Crippen MR) is 86.8 cm³/mol. The van der Waals surface area contributed by atoms with Gasteiger partial charge in [0.1, 0.15) is 5.78 Å². The smallest absolute Gasteiger partial charge is 0.133 e. The second-order valence-corrected chi connectivity index (χ2v) is 9.15. The van der Waals surface area contributed by atoms with Crippen LogP contribution in [0.1, 0.15) is 58.8 Å². The van der Waals surface area contributed by atoms with Crippen molar-refractivity contribution in [3.8, 4) is 0 Å². The van der Waals surface area contributed by atoms with Crippen LogP contribution in [0.3, 0.4) is 0 Å². The first-order valence-electron chi connectivity index (χ1n) is 9.51. The first-order valence-corrected chi connectivity index (χ1v) is 9.51. The van der Waals surface area contributed by atoms with Gasteiger partial charge in [0, 0.05) is 11.8 Å². The maximum Gasteiger partial charge on any atom is 0.133 e. The standard InChI is InChI=1S/C20H28O3/c1-11(21)15-5-6-16-14-4-3-12-9-13(22)7-8-20(12)18(14)17(23-20)10-19(15,16)2/h3,13-18,22H,4-10H2,1-2H3. The molecule has 1 aliphatic heterocycles. The summed E-state index contributed by atoms with van der Waals surface area (Å²) in [6.07, 6.45) is 9.77. The summed E-state index contributed by atoms with van der Waals surface area (Å²) in [6.45, 7) is 4.15. The van der Waals surface area contributed by atoms with Crippen molar-refractivity contribution in [1.82, 2.24) is 0 Å². The third kappa shape index (κ3) is 1.66. The van der Waals surface area contributed by atoms with Gasteiger partial charge < -0.3 is 9.84 Å². The van der Waals surface area contributed by atoms with Crippen LogP contribution in [0, 0.1) is 29.1 Å². The number of allylic oxidation sites excluding steroid dienone is 1. The molecule has 1 heterocycles. The Bertz CT molecular complexity index is 596. The lowest BCUT2D eigenvalue weighted by Crippen LogP contribution is -2.71. The first-order chi connectivity index (χ1) is 11.0. The zero-order chi connectivity index (χ0) is 16.0. The molecule has 3 saturated carbocycles. The highest BCUT2D eigenvalue weighted by atomic mass is 16.5. The summed E-state index contributed by atoms with van der Waals surface area (Å²) < 4.78 is 6.56. The highest BCUT2D eigenvalue weighted by Gasteiger charge is 2.70. The predicted octanol–water partition coefficient (Wildman–Crippen LogP) is 3.26. The molecule has 0 aromatic heterocycles. The molecule has 5 aliphatic rings. The molecule has 4 fully saturated rings. The van der Waals surface area contributed by atoms with Crippen LogP contribution in [0.2, 0.25) is 0 Å². The second-order valence-electron chi connectivity index (χ2n) is 9.15. The lowest BCUT2D eigenvalue weighted by Gasteiger charge is -2.68. The zero-order valence-electron chi connectivity index (χ0n) is 14.3. The Morgan fingerprint density at radius 2 is 2.17 bits per heavy atom. The summed E-state index contributed by atoms with van der Waals surface area (Å²) in [5, 5.41) is 10.0. The number of Topliss-reactive ketones (excluding diaryl/α,β-unsaturated/α-hetero) is 1. The summed E-state index contributed by atoms with van der Waals surface area (Å²) >= 11 is 0. The van der Waals surface area contributed by atoms with Crippen LogP contribution in [0.15, 0.2) is 11.6 Å². The maximum absolute atomic E-state index is 12.2. The maximum atomic E-state index is 12.2. The largest absolute Gasteiger partial charge is 0.393 e. The molecule has 5 rings (SSSR count). The molecule has 23 heavy (non-hydrogen) atoms. The van der Waals surface area contributed by atoms with E-state index in [9.17, 15) is 9.90 Å². The molecular formula is C20H28O3. The van der Waals surface area contributed by atoms with Gasteiger partial charge in [-0.1, -0.05) is 13.0 Å². The van der Waals surface area contributed by atoms with Crippen LogP contribution in [-0.4, -0.2) is 28.7 Å². The highest BCUT2D eigenvalue weighted by molar-refractivity contribution is 5.79. The number of carbonyl (C=O) groups is 1. The number of rotatable bonds is 1. The molecule has 0 amide bonds. The van der Waals surface area contributed by atoms with Gasteiger partial charge in [-0.3, -0.25) is 4.79 Å². The molecule has 4 aliphatic carbocycles. The lowest BCUT2D eigenvalue weighted by molar-refractivity contribution is -0.310. The molecule has 1 saturated heterocycles. The first kappa shape index (κ1) is 14.7. The van der Waals surface area contributed by atoms with Crippen LogP contribution >= 0.6 is 0 Å². The van der Waals surface area contributed by atoms with E-state index < -0.39 is 0 Å². The molecule has 1 spiro atoms. The highest BCUT2D eigenvalue weighted by Crippen LogP contribution is 2.69. The molecule has 126 valence electrons. The summed E-state index contributed by atoms with van der Waals surface area (Å²) in [7, 11) is 0. The van der Waals surface area contributed by atoms with Crippen molar-refractivity contribution in [2.75, 3.05) is 0 Å². The van der Waals surface area contributed by atoms with Gasteiger partial charge in [-0.05, 0) is 74.7 Å². The van der Waals surface area contributed by atoms with Crippen molar-refractivity contribution >= 4 is 5.78 Å². The fourth-order valence-electron chi connectivity index (χ4n) is 7.48. The Morgan fingerprint density at radius 1 is 1.35 bits per heavy atom. The molecule has 3 nitrogen and oxygen atoms in total. The molecule has 0 aromatic carbocycles. The Hall–Kier alpha value is -0.670. The Labute approximate surface area is 138 Å². The fourth-order valence-corrected chi connectivity index (χ4v) is 7.48. The minimum absolute atomic E-state index is 0.0392. The van der Waals surface area contributed by atoms with Gasteiger partial charge >= 0.3 is 0 Å². The van der Waals surface area contributed by atoms with E-state index in [1.165, 1.54) is 12.0 Å².